The molecule has 0 amide bonds. The van der Waals surface area contributed by atoms with Crippen LogP contribution in [0, 0.1) is 23.2 Å². The van der Waals surface area contributed by atoms with Crippen molar-refractivity contribution in [1.82, 2.24) is 5.32 Å². The molecule has 4 bridgehead atoms. The van der Waals surface area contributed by atoms with Gasteiger partial charge in [-0.25, -0.2) is 0 Å². The van der Waals surface area contributed by atoms with E-state index in [-0.39, 0.29) is 0 Å². The monoisotopic (exact) mass is 487 g/mol. The van der Waals surface area contributed by atoms with E-state index in [2.05, 4.69) is 46.4 Å². The topological polar surface area (TPSA) is 21.3 Å². The van der Waals surface area contributed by atoms with Crippen LogP contribution >= 0.6 is 27.5 Å². The van der Waals surface area contributed by atoms with Gasteiger partial charge in [0.25, 0.3) is 0 Å². The molecule has 4 aliphatic rings. The molecule has 2 aromatic rings. The van der Waals surface area contributed by atoms with Crippen LogP contribution in [0.1, 0.15) is 56.6 Å². The fourth-order valence-corrected chi connectivity index (χ4v) is 7.29. The predicted octanol–water partition coefficient (Wildman–Crippen LogP) is 7.38. The molecule has 30 heavy (non-hydrogen) atoms. The van der Waals surface area contributed by atoms with Gasteiger partial charge in [0.2, 0.25) is 0 Å². The number of hydrogen-bond acceptors (Lipinski definition) is 2. The zero-order chi connectivity index (χ0) is 20.7. The van der Waals surface area contributed by atoms with Crippen LogP contribution in [0.5, 0.6) is 5.75 Å². The normalized spacial score (nSPS) is 30.4. The number of rotatable bonds is 7. The van der Waals surface area contributed by atoms with Gasteiger partial charge < -0.3 is 10.1 Å². The average Bonchev–Trinajstić information content (AvgIpc) is 2.71. The number of halogens is 2. The Hall–Kier alpha value is -1.03. The fourth-order valence-electron chi connectivity index (χ4n) is 6.76. The molecule has 6 rings (SSSR count). The fraction of sp³-hybridized carbons (Fsp3) is 0.538. The smallest absolute Gasteiger partial charge is 0.124 e. The first-order chi connectivity index (χ1) is 14.5. The van der Waals surface area contributed by atoms with E-state index in [1.165, 1.54) is 44.1 Å². The molecule has 0 unspecified atom stereocenters. The molecule has 4 heteroatoms. The van der Waals surface area contributed by atoms with E-state index < -0.39 is 0 Å². The first-order valence-electron chi connectivity index (χ1n) is 11.4. The summed E-state index contributed by atoms with van der Waals surface area (Å²) in [6, 6.07) is 14.7. The van der Waals surface area contributed by atoms with Crippen LogP contribution in [0.25, 0.3) is 0 Å². The van der Waals surface area contributed by atoms with Crippen LogP contribution in [-0.2, 0) is 13.2 Å². The summed E-state index contributed by atoms with van der Waals surface area (Å²) in [4.78, 5) is 0. The Balaban J connectivity index is 1.25. The largest absolute Gasteiger partial charge is 0.489 e. The van der Waals surface area contributed by atoms with Gasteiger partial charge in [-0.2, -0.15) is 0 Å². The zero-order valence-corrected chi connectivity index (χ0v) is 20.0. The van der Waals surface area contributed by atoms with E-state index in [9.17, 15) is 0 Å². The molecule has 0 radical (unpaired) electrons. The Bertz CT molecular complexity index is 861. The SMILES string of the molecule is C[C@H](NCc1cc(Br)ccc1OCc1ccc(Cl)cc1)C12CC3CC(CC(C3)C1)C2. The van der Waals surface area contributed by atoms with E-state index in [0.717, 1.165) is 45.1 Å². The van der Waals surface area contributed by atoms with Crippen molar-refractivity contribution in [3.63, 3.8) is 0 Å². The summed E-state index contributed by atoms with van der Waals surface area (Å²) in [5.41, 5.74) is 2.86. The molecule has 0 spiro atoms. The van der Waals surface area contributed by atoms with Gasteiger partial charge in [0.05, 0.1) is 0 Å². The molecule has 4 fully saturated rings. The van der Waals surface area contributed by atoms with Gasteiger partial charge in [0, 0.05) is 27.6 Å². The Labute approximate surface area is 193 Å². The average molecular weight is 489 g/mol. The second-order valence-corrected chi connectivity index (χ2v) is 11.4. The molecule has 0 heterocycles. The summed E-state index contributed by atoms with van der Waals surface area (Å²) in [6.07, 6.45) is 8.81. The second-order valence-electron chi connectivity index (χ2n) is 10.0. The summed E-state index contributed by atoms with van der Waals surface area (Å²) in [5.74, 6) is 3.93. The van der Waals surface area contributed by atoms with E-state index in [0.29, 0.717) is 18.1 Å². The third-order valence-corrected chi connectivity index (χ3v) is 8.68. The summed E-state index contributed by atoms with van der Waals surface area (Å²) in [6.45, 7) is 3.83. The highest BCUT2D eigenvalue weighted by Crippen LogP contribution is 2.61. The molecule has 4 aliphatic carbocycles. The summed E-state index contributed by atoms with van der Waals surface area (Å²) in [7, 11) is 0. The van der Waals surface area contributed by atoms with E-state index in [4.69, 9.17) is 16.3 Å². The van der Waals surface area contributed by atoms with Crippen LogP contribution in [0.15, 0.2) is 46.9 Å². The molecule has 2 nitrogen and oxygen atoms in total. The van der Waals surface area contributed by atoms with Gasteiger partial charge in [-0.05, 0) is 105 Å². The van der Waals surface area contributed by atoms with Crippen molar-refractivity contribution in [3.05, 3.63) is 63.1 Å². The number of nitrogens with one attached hydrogen (secondary N) is 1. The van der Waals surface area contributed by atoms with Crippen molar-refractivity contribution in [1.29, 1.82) is 0 Å². The molecule has 160 valence electrons. The van der Waals surface area contributed by atoms with Crippen molar-refractivity contribution < 1.29 is 4.74 Å². The lowest BCUT2D eigenvalue weighted by molar-refractivity contribution is -0.0706. The molecule has 1 N–H and O–H groups in total. The quantitative estimate of drug-likeness (QED) is 0.439. The van der Waals surface area contributed by atoms with Crippen molar-refractivity contribution in [2.24, 2.45) is 23.2 Å². The minimum absolute atomic E-state index is 0.519. The second kappa shape index (κ2) is 8.48. The van der Waals surface area contributed by atoms with Crippen LogP contribution in [-0.4, -0.2) is 6.04 Å². The first kappa shape index (κ1) is 20.8. The van der Waals surface area contributed by atoms with E-state index in [1.54, 1.807) is 0 Å². The van der Waals surface area contributed by atoms with E-state index in [1.807, 2.05) is 24.3 Å². The van der Waals surface area contributed by atoms with Crippen molar-refractivity contribution in [2.75, 3.05) is 0 Å². The maximum atomic E-state index is 6.20. The molecule has 0 aliphatic heterocycles. The lowest BCUT2D eigenvalue weighted by atomic mass is 9.48. The van der Waals surface area contributed by atoms with Gasteiger partial charge in [-0.15, -0.1) is 0 Å². The molecule has 1 atom stereocenters. The molecule has 0 aromatic heterocycles. The van der Waals surface area contributed by atoms with Crippen LogP contribution in [0.4, 0.5) is 0 Å². The lowest BCUT2D eigenvalue weighted by Gasteiger charge is -2.59. The van der Waals surface area contributed by atoms with Crippen LogP contribution in [0.2, 0.25) is 5.02 Å². The van der Waals surface area contributed by atoms with Gasteiger partial charge >= 0.3 is 0 Å². The summed E-state index contributed by atoms with van der Waals surface area (Å²) in [5, 5.41) is 4.67. The highest BCUT2D eigenvalue weighted by atomic mass is 79.9. The number of ether oxygens (including phenoxy) is 1. The Morgan fingerprint density at radius 2 is 1.67 bits per heavy atom. The van der Waals surface area contributed by atoms with Gasteiger partial charge in [-0.1, -0.05) is 39.7 Å². The Kier molecular flexibility index (Phi) is 5.90. The standard InChI is InChI=1S/C26H31BrClNO/c1-17(26-12-19-8-20(13-26)10-21(9-19)14-26)29-15-22-11-23(27)4-7-25(22)30-16-18-2-5-24(28)6-3-18/h2-7,11,17,19-21,29H,8-10,12-16H2,1H3/t17-,19?,20?,21?,26?/m0/s1. The van der Waals surface area contributed by atoms with Gasteiger partial charge in [-0.3, -0.25) is 0 Å². The third kappa shape index (κ3) is 4.31. The minimum atomic E-state index is 0.519. The number of benzene rings is 2. The summed E-state index contributed by atoms with van der Waals surface area (Å²) >= 11 is 9.64. The van der Waals surface area contributed by atoms with Gasteiger partial charge in [0.15, 0.2) is 0 Å². The lowest BCUT2D eigenvalue weighted by Crippen LogP contribution is -2.54. The van der Waals surface area contributed by atoms with Crippen molar-refractivity contribution >= 4 is 27.5 Å². The highest BCUT2D eigenvalue weighted by molar-refractivity contribution is 9.10. The Morgan fingerprint density at radius 3 is 2.30 bits per heavy atom. The van der Waals surface area contributed by atoms with Gasteiger partial charge in [0.1, 0.15) is 12.4 Å². The van der Waals surface area contributed by atoms with Crippen LogP contribution in [0.3, 0.4) is 0 Å². The predicted molar refractivity (Wildman–Crippen MR) is 127 cm³/mol. The zero-order valence-electron chi connectivity index (χ0n) is 17.7. The number of hydrogen-bond donors (Lipinski definition) is 1. The molecule has 4 saturated carbocycles. The summed E-state index contributed by atoms with van der Waals surface area (Å²) < 4.78 is 7.29. The minimum Gasteiger partial charge on any atom is -0.489 e. The highest BCUT2D eigenvalue weighted by Gasteiger charge is 2.52. The first-order valence-corrected chi connectivity index (χ1v) is 12.6. The Morgan fingerprint density at radius 1 is 1.03 bits per heavy atom. The van der Waals surface area contributed by atoms with E-state index >= 15 is 0 Å². The molecular formula is C26H31BrClNO. The maximum Gasteiger partial charge on any atom is 0.124 e. The van der Waals surface area contributed by atoms with Crippen LogP contribution < -0.4 is 10.1 Å². The molecular weight excluding hydrogens is 458 g/mol. The maximum absolute atomic E-state index is 6.20. The van der Waals surface area contributed by atoms with Crippen molar-refractivity contribution in [2.45, 2.75) is 64.6 Å². The van der Waals surface area contributed by atoms with Crippen molar-refractivity contribution in [3.8, 4) is 5.75 Å². The molecule has 0 saturated heterocycles. The molecule has 2 aromatic carbocycles. The third-order valence-electron chi connectivity index (χ3n) is 7.93.